The van der Waals surface area contributed by atoms with Crippen LogP contribution in [0.25, 0.3) is 0 Å². The van der Waals surface area contributed by atoms with Crippen molar-refractivity contribution in [2.24, 2.45) is 0 Å². The zero-order valence-corrected chi connectivity index (χ0v) is 9.55. The maximum atomic E-state index is 5.03. The molecule has 0 saturated heterocycles. The number of aromatic nitrogens is 2. The third kappa shape index (κ3) is 2.69. The highest BCUT2D eigenvalue weighted by Gasteiger charge is 2.06. The van der Waals surface area contributed by atoms with Gasteiger partial charge in [-0.15, -0.1) is 6.42 Å². The van der Waals surface area contributed by atoms with Crippen molar-refractivity contribution in [3.63, 3.8) is 0 Å². The first-order valence-electron chi connectivity index (χ1n) is 3.97. The zero-order valence-electron chi connectivity index (χ0n) is 7.97. The van der Waals surface area contributed by atoms with E-state index in [0.717, 1.165) is 10.2 Å². The Hall–Kier alpha value is -1.12. The number of halogens is 1. The highest BCUT2D eigenvalue weighted by Crippen LogP contribution is 2.22. The molecule has 0 fully saturated rings. The molecule has 0 bridgehead atoms. The Morgan fingerprint density at radius 2 is 2.21 bits per heavy atom. The molecular formula is C9H10BrN3O. The van der Waals surface area contributed by atoms with Crippen molar-refractivity contribution in [3.8, 4) is 12.3 Å². The molecule has 5 heteroatoms. The molecule has 0 saturated carbocycles. The van der Waals surface area contributed by atoms with Crippen LogP contribution in [0.4, 0.5) is 5.82 Å². The van der Waals surface area contributed by atoms with E-state index in [-0.39, 0.29) is 6.61 Å². The van der Waals surface area contributed by atoms with Crippen LogP contribution in [-0.4, -0.2) is 16.6 Å². The number of nitrogens with zero attached hydrogens (tertiary/aromatic N) is 2. The second-order valence-corrected chi connectivity index (χ2v) is 3.41. The Labute approximate surface area is 91.2 Å². The lowest BCUT2D eigenvalue weighted by atomic mass is 10.4. The Bertz CT molecular complexity index is 373. The quantitative estimate of drug-likeness (QED) is 0.509. The molecule has 1 rings (SSSR count). The van der Waals surface area contributed by atoms with Gasteiger partial charge in [0, 0.05) is 0 Å². The van der Waals surface area contributed by atoms with Crippen LogP contribution in [-0.2, 0) is 4.84 Å². The van der Waals surface area contributed by atoms with Crippen LogP contribution in [0.15, 0.2) is 4.47 Å². The summed E-state index contributed by atoms with van der Waals surface area (Å²) in [6.45, 7) is 3.88. The molecule has 1 heterocycles. The van der Waals surface area contributed by atoms with Crippen molar-refractivity contribution in [1.29, 1.82) is 0 Å². The molecule has 74 valence electrons. The summed E-state index contributed by atoms with van der Waals surface area (Å²) in [5, 5.41) is 0. The maximum absolute atomic E-state index is 5.03. The van der Waals surface area contributed by atoms with Gasteiger partial charge in [0.05, 0.1) is 10.2 Å². The molecule has 1 N–H and O–H groups in total. The first kappa shape index (κ1) is 11.0. The Balaban J connectivity index is 2.81. The summed E-state index contributed by atoms with van der Waals surface area (Å²) in [5.74, 6) is 3.61. The summed E-state index contributed by atoms with van der Waals surface area (Å²) in [4.78, 5) is 13.3. The lowest BCUT2D eigenvalue weighted by Crippen LogP contribution is -2.06. The van der Waals surface area contributed by atoms with Gasteiger partial charge in [0.25, 0.3) is 0 Å². The van der Waals surface area contributed by atoms with E-state index in [9.17, 15) is 0 Å². The van der Waals surface area contributed by atoms with Gasteiger partial charge in [-0.25, -0.2) is 15.4 Å². The van der Waals surface area contributed by atoms with Crippen molar-refractivity contribution < 1.29 is 4.84 Å². The SMILES string of the molecule is C#CCONc1nc(C)nc(C)c1Br. The predicted octanol–water partition coefficient (Wildman–Crippen LogP) is 1.83. The molecule has 0 aliphatic heterocycles. The van der Waals surface area contributed by atoms with E-state index in [1.54, 1.807) is 0 Å². The number of hydrogen-bond acceptors (Lipinski definition) is 4. The average Bonchev–Trinajstić information content (AvgIpc) is 2.13. The number of rotatable bonds is 3. The van der Waals surface area contributed by atoms with Crippen LogP contribution in [0.1, 0.15) is 11.5 Å². The summed E-state index contributed by atoms with van der Waals surface area (Å²) >= 11 is 3.35. The number of hydrogen-bond donors (Lipinski definition) is 1. The molecule has 0 aliphatic carbocycles. The van der Waals surface area contributed by atoms with Gasteiger partial charge in [-0.3, -0.25) is 4.84 Å². The van der Waals surface area contributed by atoms with Gasteiger partial charge in [0.2, 0.25) is 0 Å². The number of nitrogens with one attached hydrogen (secondary N) is 1. The van der Waals surface area contributed by atoms with Crippen LogP contribution in [0, 0.1) is 26.2 Å². The second-order valence-electron chi connectivity index (χ2n) is 2.61. The summed E-state index contributed by atoms with van der Waals surface area (Å²) in [6.07, 6.45) is 5.03. The van der Waals surface area contributed by atoms with E-state index in [1.807, 2.05) is 13.8 Å². The van der Waals surface area contributed by atoms with Crippen molar-refractivity contribution in [2.45, 2.75) is 13.8 Å². The van der Waals surface area contributed by atoms with Gasteiger partial charge in [-0.2, -0.15) is 0 Å². The summed E-state index contributed by atoms with van der Waals surface area (Å²) in [7, 11) is 0. The Morgan fingerprint density at radius 1 is 1.50 bits per heavy atom. The molecule has 4 nitrogen and oxygen atoms in total. The summed E-state index contributed by atoms with van der Waals surface area (Å²) in [5.41, 5.74) is 3.51. The monoisotopic (exact) mass is 255 g/mol. The highest BCUT2D eigenvalue weighted by molar-refractivity contribution is 9.10. The van der Waals surface area contributed by atoms with Gasteiger partial charge in [-0.05, 0) is 29.8 Å². The molecule has 0 unspecified atom stereocenters. The highest BCUT2D eigenvalue weighted by atomic mass is 79.9. The maximum Gasteiger partial charge on any atom is 0.168 e. The minimum atomic E-state index is 0.189. The van der Waals surface area contributed by atoms with Gasteiger partial charge in [0.15, 0.2) is 5.82 Å². The second kappa shape index (κ2) is 4.94. The van der Waals surface area contributed by atoms with E-state index in [4.69, 9.17) is 11.3 Å². The third-order valence-corrected chi connectivity index (χ3v) is 2.40. The topological polar surface area (TPSA) is 47.0 Å². The minimum absolute atomic E-state index is 0.189. The van der Waals surface area contributed by atoms with Gasteiger partial charge in [-0.1, -0.05) is 5.92 Å². The van der Waals surface area contributed by atoms with Gasteiger partial charge in [0.1, 0.15) is 12.4 Å². The smallest absolute Gasteiger partial charge is 0.168 e. The molecule has 1 aromatic heterocycles. The van der Waals surface area contributed by atoms with Crippen LogP contribution >= 0.6 is 15.9 Å². The zero-order chi connectivity index (χ0) is 10.6. The van der Waals surface area contributed by atoms with Crippen molar-refractivity contribution in [3.05, 3.63) is 16.0 Å². The molecule has 0 radical (unpaired) electrons. The van der Waals surface area contributed by atoms with Crippen LogP contribution in [0.5, 0.6) is 0 Å². The Morgan fingerprint density at radius 3 is 2.86 bits per heavy atom. The first-order valence-corrected chi connectivity index (χ1v) is 4.76. The fourth-order valence-electron chi connectivity index (χ4n) is 0.913. The summed E-state index contributed by atoms with van der Waals surface area (Å²) in [6, 6.07) is 0. The molecule has 0 atom stereocenters. The van der Waals surface area contributed by atoms with Crippen LogP contribution in [0.2, 0.25) is 0 Å². The van der Waals surface area contributed by atoms with Crippen LogP contribution in [0.3, 0.4) is 0 Å². The normalized spacial score (nSPS) is 9.57. The van der Waals surface area contributed by atoms with E-state index in [0.29, 0.717) is 11.6 Å². The fraction of sp³-hybridized carbons (Fsp3) is 0.333. The molecule has 1 aromatic rings. The molecule has 0 spiro atoms. The van der Waals surface area contributed by atoms with E-state index < -0.39 is 0 Å². The number of terminal acetylenes is 1. The Kier molecular flexibility index (Phi) is 3.86. The number of anilines is 1. The number of aryl methyl sites for hydroxylation is 2. The van der Waals surface area contributed by atoms with Crippen molar-refractivity contribution >= 4 is 21.7 Å². The summed E-state index contributed by atoms with van der Waals surface area (Å²) < 4.78 is 0.778. The van der Waals surface area contributed by atoms with E-state index in [2.05, 4.69) is 37.3 Å². The lowest BCUT2D eigenvalue weighted by molar-refractivity contribution is 0.232. The van der Waals surface area contributed by atoms with Gasteiger partial charge < -0.3 is 0 Å². The van der Waals surface area contributed by atoms with Crippen LogP contribution < -0.4 is 5.48 Å². The molecule has 0 aromatic carbocycles. The molecular weight excluding hydrogens is 246 g/mol. The van der Waals surface area contributed by atoms with E-state index in [1.165, 1.54) is 0 Å². The molecule has 0 aliphatic rings. The third-order valence-electron chi connectivity index (χ3n) is 1.45. The minimum Gasteiger partial charge on any atom is -0.262 e. The van der Waals surface area contributed by atoms with Crippen molar-refractivity contribution in [1.82, 2.24) is 9.97 Å². The van der Waals surface area contributed by atoms with Gasteiger partial charge >= 0.3 is 0 Å². The largest absolute Gasteiger partial charge is 0.262 e. The van der Waals surface area contributed by atoms with E-state index >= 15 is 0 Å². The predicted molar refractivity (Wildman–Crippen MR) is 57.6 cm³/mol. The standard InChI is InChI=1S/C9H10BrN3O/c1-4-5-14-13-9-8(10)6(2)11-7(3)12-9/h1H,5H2,2-3H3,(H,11,12,13). The van der Waals surface area contributed by atoms with Crippen molar-refractivity contribution in [2.75, 3.05) is 12.1 Å². The molecule has 14 heavy (non-hydrogen) atoms. The average molecular weight is 256 g/mol. The fourth-order valence-corrected chi connectivity index (χ4v) is 1.17. The first-order chi connectivity index (χ1) is 6.65. The lowest BCUT2D eigenvalue weighted by Gasteiger charge is -2.08. The molecule has 0 amide bonds.